The van der Waals surface area contributed by atoms with E-state index in [0.29, 0.717) is 6.42 Å². The number of nitrogens with zero attached hydrogens (tertiary/aromatic N) is 1. The Kier molecular flexibility index (Phi) is 7.04. The summed E-state index contributed by atoms with van der Waals surface area (Å²) in [5, 5.41) is 0. The zero-order valence-electron chi connectivity index (χ0n) is 13.1. The summed E-state index contributed by atoms with van der Waals surface area (Å²) in [7, 11) is 1.29. The first-order valence-corrected chi connectivity index (χ1v) is 6.45. The van der Waals surface area contributed by atoms with Gasteiger partial charge in [0.1, 0.15) is 11.6 Å². The molecule has 1 atom stereocenters. The van der Waals surface area contributed by atoms with Gasteiger partial charge in [0.15, 0.2) is 0 Å². The summed E-state index contributed by atoms with van der Waals surface area (Å²) >= 11 is 0. The first kappa shape index (κ1) is 18.2. The molecule has 0 radical (unpaired) electrons. The lowest BCUT2D eigenvalue weighted by atomic mass is 10.1. The van der Waals surface area contributed by atoms with Crippen LogP contribution in [0.3, 0.4) is 0 Å². The predicted octanol–water partition coefficient (Wildman–Crippen LogP) is 2.92. The minimum atomic E-state index is -0.759. The molecular formula is C15H25NO4. The van der Waals surface area contributed by atoms with Crippen molar-refractivity contribution in [3.63, 3.8) is 0 Å². The molecule has 0 aromatic carbocycles. The maximum atomic E-state index is 12.2. The summed E-state index contributed by atoms with van der Waals surface area (Å²) in [5.41, 5.74) is 0.137. The second-order valence-corrected chi connectivity index (χ2v) is 5.62. The van der Waals surface area contributed by atoms with Crippen LogP contribution in [0.4, 0.5) is 4.79 Å². The summed E-state index contributed by atoms with van der Waals surface area (Å²) < 4.78 is 10.1. The van der Waals surface area contributed by atoms with Crippen LogP contribution < -0.4 is 0 Å². The maximum Gasteiger partial charge on any atom is 0.411 e. The van der Waals surface area contributed by atoms with E-state index in [-0.39, 0.29) is 6.54 Å². The minimum Gasteiger partial charge on any atom is -0.467 e. The van der Waals surface area contributed by atoms with Crippen molar-refractivity contribution < 1.29 is 19.1 Å². The third-order valence-corrected chi connectivity index (χ3v) is 2.35. The maximum absolute atomic E-state index is 12.2. The van der Waals surface area contributed by atoms with E-state index >= 15 is 0 Å². The van der Waals surface area contributed by atoms with Crippen LogP contribution in [0, 0.1) is 0 Å². The number of rotatable bonds is 6. The molecule has 0 bridgehead atoms. The first-order chi connectivity index (χ1) is 9.12. The highest BCUT2D eigenvalue weighted by atomic mass is 16.6. The fourth-order valence-electron chi connectivity index (χ4n) is 1.58. The average Bonchev–Trinajstić information content (AvgIpc) is 2.29. The predicted molar refractivity (Wildman–Crippen MR) is 78.4 cm³/mol. The summed E-state index contributed by atoms with van der Waals surface area (Å²) in [5.74, 6) is -0.499. The van der Waals surface area contributed by atoms with Gasteiger partial charge in [0, 0.05) is 6.54 Å². The van der Waals surface area contributed by atoms with Gasteiger partial charge in [-0.25, -0.2) is 9.59 Å². The van der Waals surface area contributed by atoms with Gasteiger partial charge >= 0.3 is 12.1 Å². The third-order valence-electron chi connectivity index (χ3n) is 2.35. The number of amides is 1. The van der Waals surface area contributed by atoms with Crippen molar-refractivity contribution in [1.82, 2.24) is 4.90 Å². The molecule has 0 heterocycles. The lowest BCUT2D eigenvalue weighted by molar-refractivity contribution is -0.146. The van der Waals surface area contributed by atoms with Crippen molar-refractivity contribution in [1.29, 1.82) is 0 Å². The highest BCUT2D eigenvalue weighted by Gasteiger charge is 2.32. The summed E-state index contributed by atoms with van der Waals surface area (Å²) in [6.45, 7) is 14.7. The molecule has 20 heavy (non-hydrogen) atoms. The Balaban J connectivity index is 5.25. The van der Waals surface area contributed by atoms with Crippen LogP contribution in [0.2, 0.25) is 0 Å². The van der Waals surface area contributed by atoms with Crippen LogP contribution in [0.25, 0.3) is 0 Å². The zero-order chi connectivity index (χ0) is 15.9. The molecule has 0 aliphatic carbocycles. The van der Waals surface area contributed by atoms with Crippen molar-refractivity contribution >= 4 is 12.1 Å². The molecule has 5 nitrogen and oxygen atoms in total. The van der Waals surface area contributed by atoms with Gasteiger partial charge in [0.25, 0.3) is 0 Å². The Morgan fingerprint density at radius 3 is 2.25 bits per heavy atom. The molecular weight excluding hydrogens is 258 g/mol. The fraction of sp³-hybridized carbons (Fsp3) is 0.600. The van der Waals surface area contributed by atoms with Gasteiger partial charge < -0.3 is 9.47 Å². The Bertz CT molecular complexity index is 382. The second-order valence-electron chi connectivity index (χ2n) is 5.62. The van der Waals surface area contributed by atoms with Crippen molar-refractivity contribution in [3.05, 3.63) is 24.8 Å². The number of hydrogen-bond acceptors (Lipinski definition) is 4. The molecule has 1 amide bonds. The Labute approximate surface area is 121 Å². The Hall–Kier alpha value is -1.78. The molecule has 0 aromatic rings. The topological polar surface area (TPSA) is 55.8 Å². The number of methoxy groups -OCH3 is 1. The van der Waals surface area contributed by atoms with Crippen LogP contribution in [0.15, 0.2) is 24.8 Å². The molecule has 0 saturated heterocycles. The third kappa shape index (κ3) is 6.41. The lowest BCUT2D eigenvalue weighted by Crippen LogP contribution is -2.47. The van der Waals surface area contributed by atoms with Gasteiger partial charge in [-0.05, 0) is 34.1 Å². The smallest absolute Gasteiger partial charge is 0.411 e. The summed E-state index contributed by atoms with van der Waals surface area (Å²) in [4.78, 5) is 25.4. The number of carbonyl (C=O) groups excluding carboxylic acids is 2. The molecule has 0 N–H and O–H groups in total. The highest BCUT2D eigenvalue weighted by Crippen LogP contribution is 2.17. The summed E-state index contributed by atoms with van der Waals surface area (Å²) in [6, 6.07) is -0.759. The monoisotopic (exact) mass is 283 g/mol. The van der Waals surface area contributed by atoms with Crippen molar-refractivity contribution in [2.75, 3.05) is 13.7 Å². The van der Waals surface area contributed by atoms with Gasteiger partial charge in [-0.15, -0.1) is 13.2 Å². The molecule has 114 valence electrons. The van der Waals surface area contributed by atoms with Gasteiger partial charge in [-0.1, -0.05) is 11.6 Å². The van der Waals surface area contributed by atoms with Gasteiger partial charge in [0.05, 0.1) is 7.11 Å². The summed E-state index contributed by atoms with van der Waals surface area (Å²) in [6.07, 6.45) is 1.28. The zero-order valence-corrected chi connectivity index (χ0v) is 13.1. The van der Waals surface area contributed by atoms with E-state index in [0.717, 1.165) is 5.57 Å². The van der Waals surface area contributed by atoms with Gasteiger partial charge in [-0.3, -0.25) is 4.90 Å². The molecule has 0 aromatic heterocycles. The van der Waals surface area contributed by atoms with Crippen LogP contribution >= 0.6 is 0 Å². The Morgan fingerprint density at radius 2 is 1.90 bits per heavy atom. The standard InChI is InChI=1S/C15H25NO4/c1-8-9-16(14(18)20-15(4,5)6)12(10-11(2)3)13(17)19-7/h8,12H,1-2,9-10H2,3-7H3/t12-/m0/s1. The number of esters is 1. The largest absolute Gasteiger partial charge is 0.467 e. The Morgan fingerprint density at radius 1 is 1.35 bits per heavy atom. The fourth-order valence-corrected chi connectivity index (χ4v) is 1.58. The number of hydrogen-bond donors (Lipinski definition) is 0. The van der Waals surface area contributed by atoms with E-state index in [1.165, 1.54) is 18.1 Å². The van der Waals surface area contributed by atoms with Gasteiger partial charge in [0.2, 0.25) is 0 Å². The normalized spacial score (nSPS) is 12.2. The van der Waals surface area contributed by atoms with Gasteiger partial charge in [-0.2, -0.15) is 0 Å². The molecule has 0 aliphatic heterocycles. The van der Waals surface area contributed by atoms with Crippen LogP contribution in [0.1, 0.15) is 34.1 Å². The van der Waals surface area contributed by atoms with Crippen molar-refractivity contribution in [2.45, 2.75) is 45.8 Å². The van der Waals surface area contributed by atoms with Crippen LogP contribution in [-0.4, -0.2) is 42.3 Å². The van der Waals surface area contributed by atoms with Crippen LogP contribution in [0.5, 0.6) is 0 Å². The average molecular weight is 283 g/mol. The van der Waals surface area contributed by atoms with Crippen molar-refractivity contribution in [2.24, 2.45) is 0 Å². The molecule has 0 unspecified atom stereocenters. The molecule has 0 aliphatic rings. The van der Waals surface area contributed by atoms with E-state index in [1.54, 1.807) is 27.7 Å². The van der Waals surface area contributed by atoms with E-state index in [4.69, 9.17) is 9.47 Å². The van der Waals surface area contributed by atoms with E-state index < -0.39 is 23.7 Å². The number of ether oxygens (including phenoxy) is 2. The highest BCUT2D eigenvalue weighted by molar-refractivity contribution is 5.82. The van der Waals surface area contributed by atoms with Crippen molar-refractivity contribution in [3.8, 4) is 0 Å². The molecule has 5 heteroatoms. The van der Waals surface area contributed by atoms with E-state index in [2.05, 4.69) is 13.2 Å². The van der Waals surface area contributed by atoms with E-state index in [1.807, 2.05) is 0 Å². The number of carbonyl (C=O) groups is 2. The SMILES string of the molecule is C=CCN(C(=O)OC(C)(C)C)[C@@H](CC(=C)C)C(=O)OC. The first-order valence-electron chi connectivity index (χ1n) is 6.45. The van der Waals surface area contributed by atoms with Crippen LogP contribution in [-0.2, 0) is 14.3 Å². The second kappa shape index (κ2) is 7.72. The lowest BCUT2D eigenvalue weighted by Gasteiger charge is -2.31. The molecule has 0 spiro atoms. The minimum absolute atomic E-state index is 0.196. The van der Waals surface area contributed by atoms with E-state index in [9.17, 15) is 9.59 Å². The quantitative estimate of drug-likeness (QED) is 0.555. The molecule has 0 saturated carbocycles. The molecule has 0 rings (SSSR count). The molecule has 0 fully saturated rings.